The molecule has 0 amide bonds. The van der Waals surface area contributed by atoms with Crippen molar-refractivity contribution in [1.82, 2.24) is 4.98 Å². The molecule has 0 aliphatic heterocycles. The van der Waals surface area contributed by atoms with Crippen LogP contribution in [0.15, 0.2) is 24.3 Å². The van der Waals surface area contributed by atoms with Gasteiger partial charge in [-0.05, 0) is 17.7 Å². The molecule has 1 rings (SSSR count). The van der Waals surface area contributed by atoms with Crippen molar-refractivity contribution in [1.29, 1.82) is 0 Å². The lowest BCUT2D eigenvalue weighted by atomic mass is 10.2. The Labute approximate surface area is 215 Å². The van der Waals surface area contributed by atoms with Gasteiger partial charge in [-0.2, -0.15) is 79.0 Å². The zero-order valence-electron chi connectivity index (χ0n) is 18.2. The minimum atomic E-state index is -7.94. The lowest BCUT2D eigenvalue weighted by molar-refractivity contribution is -0.344. The van der Waals surface area contributed by atoms with Gasteiger partial charge in [0.2, 0.25) is 18.3 Å². The first-order valence-corrected chi connectivity index (χ1v) is 11.5. The number of halogens is 19. The van der Waals surface area contributed by atoms with Crippen LogP contribution in [0.1, 0.15) is 5.56 Å². The van der Waals surface area contributed by atoms with Gasteiger partial charge in [0.1, 0.15) is 0 Å². The average molecular weight is 670 g/mol. The molecule has 0 atom stereocenters. The van der Waals surface area contributed by atoms with Crippen LogP contribution >= 0.6 is 11.6 Å². The Hall–Kier alpha value is -1.69. The Bertz CT molecular complexity index is 828. The van der Waals surface area contributed by atoms with Crippen LogP contribution in [0.5, 0.6) is 0 Å². The molecule has 1 N–H and O–H groups in total. The molecule has 0 radical (unpaired) electrons. The molecule has 0 bridgehead atoms. The standard InChI is InChI=1S/C16H10ClF18NO3Si/c17-7-3-1-6(2-4-7)5-36-40(37-8(11(18,19)20)12(21,22)23,38-9(13(24,25)26)14(27,28)29)39-10(15(30,31)32)16(33,34)35/h1-4,8-10,36H,5H2. The number of rotatable bonds is 9. The third-order valence-corrected chi connectivity index (χ3v) is 6.52. The number of alkyl halides is 18. The van der Waals surface area contributed by atoms with E-state index in [2.05, 4.69) is 13.3 Å². The van der Waals surface area contributed by atoms with Gasteiger partial charge in [0.05, 0.1) is 0 Å². The molecule has 0 fully saturated rings. The molecule has 1 aromatic rings. The van der Waals surface area contributed by atoms with E-state index in [0.29, 0.717) is 0 Å². The third kappa shape index (κ3) is 10.6. The number of hydrogen-bond donors (Lipinski definition) is 1. The van der Waals surface area contributed by atoms with Crippen molar-refractivity contribution in [3.05, 3.63) is 34.9 Å². The SMILES string of the molecule is FC(F)(F)C(O[Si](NCc1ccc(Cl)cc1)(OC(C(F)(F)F)C(F)(F)F)OC(C(F)(F)F)C(F)(F)F)C(F)(F)F. The highest BCUT2D eigenvalue weighted by atomic mass is 35.5. The number of nitrogens with one attached hydrogen (secondary N) is 1. The zero-order chi connectivity index (χ0) is 31.8. The highest BCUT2D eigenvalue weighted by Gasteiger charge is 2.71. The van der Waals surface area contributed by atoms with Crippen molar-refractivity contribution in [3.8, 4) is 0 Å². The number of benzene rings is 1. The van der Waals surface area contributed by atoms with Gasteiger partial charge in [-0.15, -0.1) is 0 Å². The van der Waals surface area contributed by atoms with E-state index in [1.165, 1.54) is 0 Å². The van der Waals surface area contributed by atoms with Crippen molar-refractivity contribution in [2.75, 3.05) is 0 Å². The Morgan fingerprint density at radius 1 is 0.525 bits per heavy atom. The van der Waals surface area contributed by atoms with Crippen molar-refractivity contribution in [2.45, 2.75) is 61.9 Å². The monoisotopic (exact) mass is 669 g/mol. The normalized spacial score (nSPS) is 15.1. The van der Waals surface area contributed by atoms with Crippen LogP contribution in [0.2, 0.25) is 5.02 Å². The largest absolute Gasteiger partial charge is 0.599 e. The van der Waals surface area contributed by atoms with E-state index < -0.39 is 76.4 Å². The lowest BCUT2D eigenvalue weighted by Crippen LogP contribution is -2.70. The Balaban J connectivity index is 3.98. The highest BCUT2D eigenvalue weighted by molar-refractivity contribution is 6.58. The maximum absolute atomic E-state index is 13.1. The van der Waals surface area contributed by atoms with Crippen molar-refractivity contribution >= 4 is 20.6 Å². The van der Waals surface area contributed by atoms with E-state index in [0.717, 1.165) is 29.2 Å². The minimum absolute atomic E-state index is 0.173. The second-order valence-corrected chi connectivity index (χ2v) is 9.89. The van der Waals surface area contributed by atoms with E-state index in [1.807, 2.05) is 0 Å². The van der Waals surface area contributed by atoms with E-state index in [1.54, 1.807) is 0 Å². The second kappa shape index (κ2) is 11.9. The first-order valence-electron chi connectivity index (χ1n) is 9.42. The summed E-state index contributed by atoms with van der Waals surface area (Å²) in [6, 6.07) is 3.13. The molecule has 0 heterocycles. The van der Waals surface area contributed by atoms with Crippen LogP contribution in [0.4, 0.5) is 79.0 Å². The molecule has 0 saturated heterocycles. The van der Waals surface area contributed by atoms with Crippen LogP contribution in [0.25, 0.3) is 0 Å². The van der Waals surface area contributed by atoms with Gasteiger partial charge in [-0.1, -0.05) is 23.7 Å². The van der Waals surface area contributed by atoms with Gasteiger partial charge in [0, 0.05) is 11.6 Å². The summed E-state index contributed by atoms with van der Waals surface area (Å²) in [4.78, 5) is 0.822. The maximum Gasteiger partial charge on any atom is 0.599 e. The fraction of sp³-hybridized carbons (Fsp3) is 0.625. The fourth-order valence-corrected chi connectivity index (χ4v) is 5.14. The van der Waals surface area contributed by atoms with Gasteiger partial charge in [0.25, 0.3) is 0 Å². The van der Waals surface area contributed by atoms with Crippen LogP contribution in [-0.2, 0) is 19.8 Å². The van der Waals surface area contributed by atoms with E-state index >= 15 is 0 Å². The summed E-state index contributed by atoms with van der Waals surface area (Å²) >= 11 is 5.47. The van der Waals surface area contributed by atoms with Gasteiger partial charge in [0.15, 0.2) is 0 Å². The lowest BCUT2D eigenvalue weighted by Gasteiger charge is -2.39. The molecule has 0 aromatic heterocycles. The highest BCUT2D eigenvalue weighted by Crippen LogP contribution is 2.44. The summed E-state index contributed by atoms with van der Waals surface area (Å²) in [6.45, 7) is -1.66. The summed E-state index contributed by atoms with van der Waals surface area (Å²) in [7, 11) is -7.94. The van der Waals surface area contributed by atoms with Gasteiger partial charge < -0.3 is 13.3 Å². The quantitative estimate of drug-likeness (QED) is 0.220. The molecule has 4 nitrogen and oxygen atoms in total. The fourth-order valence-electron chi connectivity index (χ4n) is 2.44. The van der Waals surface area contributed by atoms with Crippen LogP contribution in [0.3, 0.4) is 0 Å². The summed E-state index contributed by atoms with van der Waals surface area (Å²) in [5.41, 5.74) is -0.584. The predicted molar refractivity (Wildman–Crippen MR) is 95.0 cm³/mol. The van der Waals surface area contributed by atoms with Crippen molar-refractivity contribution in [3.63, 3.8) is 0 Å². The average Bonchev–Trinajstić information content (AvgIpc) is 2.68. The van der Waals surface area contributed by atoms with Crippen molar-refractivity contribution < 1.29 is 92.3 Å². The van der Waals surface area contributed by atoms with Crippen LogP contribution in [-0.4, -0.2) is 64.3 Å². The molecule has 0 spiro atoms. The molecule has 0 aliphatic rings. The number of hydrogen-bond acceptors (Lipinski definition) is 4. The topological polar surface area (TPSA) is 39.7 Å². The molecule has 0 unspecified atom stereocenters. The summed E-state index contributed by atoms with van der Waals surface area (Å²) < 4.78 is 245. The molecule has 234 valence electrons. The summed E-state index contributed by atoms with van der Waals surface area (Å²) in [5, 5.41) is -0.173. The Kier molecular flexibility index (Phi) is 10.8. The smallest absolute Gasteiger partial charge is 0.340 e. The van der Waals surface area contributed by atoms with E-state index in [9.17, 15) is 79.0 Å². The maximum atomic E-state index is 13.1. The molecule has 1 aromatic carbocycles. The zero-order valence-corrected chi connectivity index (χ0v) is 19.9. The molecular formula is C16H10ClF18NO3Si. The molecule has 40 heavy (non-hydrogen) atoms. The predicted octanol–water partition coefficient (Wildman–Crippen LogP) is 7.39. The van der Waals surface area contributed by atoms with Crippen LogP contribution in [0, 0.1) is 0 Å². The van der Waals surface area contributed by atoms with Gasteiger partial charge >= 0.3 is 46.0 Å². The molecule has 0 aliphatic carbocycles. The summed E-state index contributed by atoms with van der Waals surface area (Å²) in [6.07, 6.45) is -58.2. The van der Waals surface area contributed by atoms with Gasteiger partial charge in [-0.25, -0.2) is 0 Å². The third-order valence-electron chi connectivity index (χ3n) is 4.03. The van der Waals surface area contributed by atoms with Crippen molar-refractivity contribution in [2.24, 2.45) is 0 Å². The van der Waals surface area contributed by atoms with Gasteiger partial charge in [-0.3, -0.25) is 4.98 Å². The second-order valence-electron chi connectivity index (χ2n) is 7.28. The van der Waals surface area contributed by atoms with Crippen LogP contribution < -0.4 is 4.98 Å². The molecular weight excluding hydrogens is 660 g/mol. The molecule has 24 heteroatoms. The Morgan fingerprint density at radius 3 is 1.00 bits per heavy atom. The molecule has 0 saturated carbocycles. The first kappa shape index (κ1) is 36.3. The van der Waals surface area contributed by atoms with E-state index in [-0.39, 0.29) is 5.02 Å². The Morgan fingerprint density at radius 2 is 0.775 bits per heavy atom. The summed E-state index contributed by atoms with van der Waals surface area (Å²) in [5.74, 6) is 0. The van der Waals surface area contributed by atoms with E-state index in [4.69, 9.17) is 11.6 Å². The first-order chi connectivity index (χ1) is 17.5. The minimum Gasteiger partial charge on any atom is -0.340 e.